The Bertz CT molecular complexity index is 781. The summed E-state index contributed by atoms with van der Waals surface area (Å²) >= 11 is 0. The van der Waals surface area contributed by atoms with Gasteiger partial charge in [-0.05, 0) is 69.4 Å². The van der Waals surface area contributed by atoms with Crippen LogP contribution in [0.1, 0.15) is 54.9 Å². The molecule has 2 aromatic rings. The first kappa shape index (κ1) is 18.5. The summed E-state index contributed by atoms with van der Waals surface area (Å²) in [7, 11) is 0. The first-order chi connectivity index (χ1) is 12.5. The first-order valence-corrected chi connectivity index (χ1v) is 9.59. The summed E-state index contributed by atoms with van der Waals surface area (Å²) in [6.45, 7) is 8.77. The Kier molecular flexibility index (Phi) is 5.36. The van der Waals surface area contributed by atoms with Gasteiger partial charge in [-0.15, -0.1) is 0 Å². The molecule has 0 saturated heterocycles. The lowest BCUT2D eigenvalue weighted by Crippen LogP contribution is -2.38. The Balaban J connectivity index is 1.90. The monoisotopic (exact) mass is 351 g/mol. The van der Waals surface area contributed by atoms with Crippen LogP contribution >= 0.6 is 0 Å². The highest BCUT2D eigenvalue weighted by Gasteiger charge is 2.42. The highest BCUT2D eigenvalue weighted by molar-refractivity contribution is 5.99. The van der Waals surface area contributed by atoms with Gasteiger partial charge in [0.2, 0.25) is 5.91 Å². The fourth-order valence-electron chi connectivity index (χ4n) is 4.21. The lowest BCUT2D eigenvalue weighted by Gasteiger charge is -2.29. The molecular weight excluding hydrogens is 322 g/mol. The number of aryl methyl sites for hydroxylation is 3. The number of nitrogens with one attached hydrogen (secondary N) is 1. The summed E-state index contributed by atoms with van der Waals surface area (Å²) in [6.07, 6.45) is 4.03. The Morgan fingerprint density at radius 3 is 2.31 bits per heavy atom. The summed E-state index contributed by atoms with van der Waals surface area (Å²) in [6, 6.07) is 12.4. The number of rotatable bonds is 5. The van der Waals surface area contributed by atoms with Gasteiger partial charge in [0, 0.05) is 5.69 Å². The molecule has 0 bridgehead atoms. The molecule has 0 radical (unpaired) electrons. The predicted octanol–water partition coefficient (Wildman–Crippen LogP) is 5.46. The maximum atomic E-state index is 13.3. The largest absolute Gasteiger partial charge is 0.493 e. The minimum Gasteiger partial charge on any atom is -0.493 e. The molecule has 1 aliphatic rings. The fourth-order valence-corrected chi connectivity index (χ4v) is 4.21. The van der Waals surface area contributed by atoms with Crippen LogP contribution in [0.3, 0.4) is 0 Å². The lowest BCUT2D eigenvalue weighted by atomic mass is 9.77. The zero-order valence-electron chi connectivity index (χ0n) is 16.3. The van der Waals surface area contributed by atoms with Crippen LogP contribution in [-0.4, -0.2) is 12.5 Å². The van der Waals surface area contributed by atoms with Crippen LogP contribution in [0.25, 0.3) is 0 Å². The minimum absolute atomic E-state index is 0.114. The third-order valence-electron chi connectivity index (χ3n) is 5.47. The number of amides is 1. The van der Waals surface area contributed by atoms with Gasteiger partial charge in [-0.1, -0.05) is 42.7 Å². The lowest BCUT2D eigenvalue weighted by molar-refractivity contribution is -0.121. The highest BCUT2D eigenvalue weighted by atomic mass is 16.5. The average molecular weight is 351 g/mol. The zero-order chi connectivity index (χ0) is 18.7. The molecular formula is C23H29NO2. The van der Waals surface area contributed by atoms with Crippen LogP contribution in [-0.2, 0) is 10.2 Å². The van der Waals surface area contributed by atoms with E-state index in [4.69, 9.17) is 4.74 Å². The van der Waals surface area contributed by atoms with Crippen molar-refractivity contribution in [2.45, 2.75) is 58.8 Å². The van der Waals surface area contributed by atoms with Crippen LogP contribution in [0.4, 0.5) is 5.69 Å². The highest BCUT2D eigenvalue weighted by Crippen LogP contribution is 2.42. The summed E-state index contributed by atoms with van der Waals surface area (Å²) in [5.74, 6) is 1.03. The third kappa shape index (κ3) is 3.48. The van der Waals surface area contributed by atoms with E-state index >= 15 is 0 Å². The number of hydrogen-bond acceptors (Lipinski definition) is 2. The van der Waals surface area contributed by atoms with Crippen LogP contribution < -0.4 is 10.1 Å². The van der Waals surface area contributed by atoms with Gasteiger partial charge >= 0.3 is 0 Å². The molecule has 3 nitrogen and oxygen atoms in total. The van der Waals surface area contributed by atoms with Gasteiger partial charge < -0.3 is 10.1 Å². The second-order valence-electron chi connectivity index (χ2n) is 7.48. The van der Waals surface area contributed by atoms with Crippen LogP contribution in [0.2, 0.25) is 0 Å². The van der Waals surface area contributed by atoms with Crippen molar-refractivity contribution < 1.29 is 9.53 Å². The molecule has 0 atom stereocenters. The van der Waals surface area contributed by atoms with Crippen LogP contribution in [0.15, 0.2) is 36.4 Å². The Morgan fingerprint density at radius 1 is 1.08 bits per heavy atom. The summed E-state index contributed by atoms with van der Waals surface area (Å²) < 4.78 is 5.72. The fraction of sp³-hybridized carbons (Fsp3) is 0.435. The summed E-state index contributed by atoms with van der Waals surface area (Å²) in [5, 5.41) is 3.20. The maximum Gasteiger partial charge on any atom is 0.235 e. The van der Waals surface area contributed by atoms with Crippen LogP contribution in [0, 0.1) is 20.8 Å². The second-order valence-corrected chi connectivity index (χ2v) is 7.48. The van der Waals surface area contributed by atoms with Crippen molar-refractivity contribution in [3.63, 3.8) is 0 Å². The molecule has 0 aliphatic heterocycles. The van der Waals surface area contributed by atoms with Crippen molar-refractivity contribution in [2.75, 3.05) is 11.9 Å². The van der Waals surface area contributed by atoms with Crippen molar-refractivity contribution >= 4 is 11.6 Å². The Labute approximate surface area is 156 Å². The van der Waals surface area contributed by atoms with Crippen molar-refractivity contribution in [3.8, 4) is 5.75 Å². The number of carbonyl (C=O) groups is 1. The molecule has 138 valence electrons. The number of ether oxygens (including phenoxy) is 1. The summed E-state index contributed by atoms with van der Waals surface area (Å²) in [5.41, 5.74) is 4.90. The molecule has 1 saturated carbocycles. The van der Waals surface area contributed by atoms with Crippen molar-refractivity contribution in [1.29, 1.82) is 0 Å². The SMILES string of the molecule is CCOc1c(C)cc(NC(=O)C2(c3cccc(C)c3)CCCC2)cc1C. The smallest absolute Gasteiger partial charge is 0.235 e. The molecule has 3 heteroatoms. The molecule has 1 fully saturated rings. The van der Waals surface area contributed by atoms with Gasteiger partial charge in [-0.25, -0.2) is 0 Å². The van der Waals surface area contributed by atoms with Gasteiger partial charge in [0.25, 0.3) is 0 Å². The van der Waals surface area contributed by atoms with E-state index in [9.17, 15) is 4.79 Å². The molecule has 3 rings (SSSR count). The van der Waals surface area contributed by atoms with Crippen molar-refractivity contribution in [2.24, 2.45) is 0 Å². The number of carbonyl (C=O) groups excluding carboxylic acids is 1. The zero-order valence-corrected chi connectivity index (χ0v) is 16.3. The van der Waals surface area contributed by atoms with E-state index in [1.165, 1.54) is 5.56 Å². The molecule has 0 unspecified atom stereocenters. The minimum atomic E-state index is -0.410. The molecule has 1 N–H and O–H groups in total. The number of hydrogen-bond donors (Lipinski definition) is 1. The molecule has 26 heavy (non-hydrogen) atoms. The van der Waals surface area contributed by atoms with E-state index < -0.39 is 5.41 Å². The molecule has 1 amide bonds. The summed E-state index contributed by atoms with van der Waals surface area (Å²) in [4.78, 5) is 13.3. The van der Waals surface area contributed by atoms with Crippen molar-refractivity contribution in [1.82, 2.24) is 0 Å². The van der Waals surface area contributed by atoms with E-state index in [2.05, 4.69) is 36.5 Å². The van der Waals surface area contributed by atoms with Gasteiger partial charge in [-0.3, -0.25) is 4.79 Å². The first-order valence-electron chi connectivity index (χ1n) is 9.59. The Hall–Kier alpha value is -2.29. The molecule has 0 aromatic heterocycles. The Morgan fingerprint density at radius 2 is 1.73 bits per heavy atom. The van der Waals surface area contributed by atoms with Crippen LogP contribution in [0.5, 0.6) is 5.75 Å². The van der Waals surface area contributed by atoms with Gasteiger partial charge in [-0.2, -0.15) is 0 Å². The number of benzene rings is 2. The quantitative estimate of drug-likeness (QED) is 0.776. The number of anilines is 1. The predicted molar refractivity (Wildman–Crippen MR) is 107 cm³/mol. The van der Waals surface area contributed by atoms with E-state index in [0.717, 1.165) is 53.8 Å². The van der Waals surface area contributed by atoms with Gasteiger partial charge in [0.05, 0.1) is 12.0 Å². The average Bonchev–Trinajstić information content (AvgIpc) is 3.09. The molecule has 2 aromatic carbocycles. The standard InChI is InChI=1S/C23H29NO2/c1-5-26-21-17(3)14-20(15-18(21)4)24-22(25)23(11-6-7-12-23)19-10-8-9-16(2)13-19/h8-10,13-15H,5-7,11-12H2,1-4H3,(H,24,25). The van der Waals surface area contributed by atoms with Gasteiger partial charge in [0.1, 0.15) is 5.75 Å². The van der Waals surface area contributed by atoms with E-state index in [1.807, 2.05) is 32.9 Å². The van der Waals surface area contributed by atoms with Crippen molar-refractivity contribution in [3.05, 3.63) is 58.7 Å². The van der Waals surface area contributed by atoms with E-state index in [-0.39, 0.29) is 5.91 Å². The normalized spacial score (nSPS) is 15.7. The van der Waals surface area contributed by atoms with E-state index in [0.29, 0.717) is 6.61 Å². The topological polar surface area (TPSA) is 38.3 Å². The maximum absolute atomic E-state index is 13.3. The molecule has 0 heterocycles. The second kappa shape index (κ2) is 7.53. The molecule has 1 aliphatic carbocycles. The van der Waals surface area contributed by atoms with Gasteiger partial charge in [0.15, 0.2) is 0 Å². The molecule has 0 spiro atoms. The third-order valence-corrected chi connectivity index (χ3v) is 5.47. The van der Waals surface area contributed by atoms with E-state index in [1.54, 1.807) is 0 Å².